The number of ketones is 1. The van der Waals surface area contributed by atoms with Crippen LogP contribution in [-0.2, 0) is 9.59 Å². The highest BCUT2D eigenvalue weighted by molar-refractivity contribution is 6.27. The van der Waals surface area contributed by atoms with Crippen molar-refractivity contribution in [1.82, 2.24) is 4.90 Å². The van der Waals surface area contributed by atoms with E-state index in [2.05, 4.69) is 0 Å². The van der Waals surface area contributed by atoms with Crippen LogP contribution in [0, 0.1) is 0 Å². The molecule has 0 aliphatic carbocycles. The van der Waals surface area contributed by atoms with E-state index in [0.717, 1.165) is 0 Å². The maximum Gasteiger partial charge on any atom is 0.471 e. The Balaban J connectivity index is 4.80. The molecule has 1 amide bonds. The maximum atomic E-state index is 12.3. The summed E-state index contributed by atoms with van der Waals surface area (Å²) in [4.78, 5) is 22.8. The summed E-state index contributed by atoms with van der Waals surface area (Å²) in [6, 6.07) is 0. The van der Waals surface area contributed by atoms with Crippen molar-refractivity contribution in [2.45, 2.75) is 38.9 Å². The molecule has 7 heteroatoms. The molecule has 3 nitrogen and oxygen atoms in total. The Labute approximate surface area is 103 Å². The average molecular weight is 274 g/mol. The molecule has 0 aromatic carbocycles. The van der Waals surface area contributed by atoms with E-state index >= 15 is 0 Å². The molecular formula is C10H15ClF3NO2. The number of carbonyl (C=O) groups excluding carboxylic acids is 2. The van der Waals surface area contributed by atoms with Gasteiger partial charge >= 0.3 is 12.1 Å². The molecule has 0 aliphatic heterocycles. The average Bonchev–Trinajstić information content (AvgIpc) is 2.13. The largest absolute Gasteiger partial charge is 0.471 e. The zero-order chi connectivity index (χ0) is 13.9. The van der Waals surface area contributed by atoms with E-state index in [1.54, 1.807) is 0 Å². The Morgan fingerprint density at radius 2 is 1.65 bits per heavy atom. The maximum absolute atomic E-state index is 12.3. The topological polar surface area (TPSA) is 37.4 Å². The predicted octanol–water partition coefficient (Wildman–Crippen LogP) is 2.37. The molecular weight excluding hydrogens is 259 g/mol. The zero-order valence-corrected chi connectivity index (χ0v) is 10.7. The van der Waals surface area contributed by atoms with Crippen molar-refractivity contribution in [2.75, 3.05) is 12.4 Å². The lowest BCUT2D eigenvalue weighted by atomic mass is 10.0. The van der Waals surface area contributed by atoms with Crippen molar-refractivity contribution in [3.8, 4) is 0 Å². The molecule has 0 fully saturated rings. The van der Waals surface area contributed by atoms with Crippen LogP contribution >= 0.6 is 11.6 Å². The first-order valence-electron chi connectivity index (χ1n) is 4.96. The van der Waals surface area contributed by atoms with Gasteiger partial charge in [-0.15, -0.1) is 11.6 Å². The van der Waals surface area contributed by atoms with Crippen LogP contribution in [0.1, 0.15) is 27.2 Å². The molecule has 0 aliphatic rings. The number of alkyl halides is 4. The fourth-order valence-electron chi connectivity index (χ4n) is 1.20. The van der Waals surface area contributed by atoms with Crippen molar-refractivity contribution in [1.29, 1.82) is 0 Å². The van der Waals surface area contributed by atoms with Gasteiger partial charge in [0.2, 0.25) is 0 Å². The van der Waals surface area contributed by atoms with Crippen molar-refractivity contribution < 1.29 is 22.8 Å². The molecule has 17 heavy (non-hydrogen) atoms. The smallest absolute Gasteiger partial charge is 0.330 e. The minimum atomic E-state index is -4.93. The van der Waals surface area contributed by atoms with Gasteiger partial charge in [-0.1, -0.05) is 0 Å². The van der Waals surface area contributed by atoms with Crippen LogP contribution < -0.4 is 0 Å². The monoisotopic (exact) mass is 273 g/mol. The molecule has 0 N–H and O–H groups in total. The third-order valence-electron chi connectivity index (χ3n) is 2.06. The van der Waals surface area contributed by atoms with Crippen molar-refractivity contribution in [3.05, 3.63) is 0 Å². The molecule has 100 valence electrons. The van der Waals surface area contributed by atoms with Gasteiger partial charge in [-0.3, -0.25) is 9.59 Å². The summed E-state index contributed by atoms with van der Waals surface area (Å²) in [6.07, 6.45) is -5.11. The standard InChI is InChI=1S/C10H15ClF3NO2/c1-9(2,3)15(5-4-7(16)6-11)8(17)10(12,13)14/h4-6H2,1-3H3. The Hall–Kier alpha value is -0.780. The Morgan fingerprint density at radius 3 is 1.94 bits per heavy atom. The number of halogens is 4. The molecule has 0 saturated carbocycles. The molecule has 0 aromatic heterocycles. The highest BCUT2D eigenvalue weighted by atomic mass is 35.5. The fraction of sp³-hybridized carbons (Fsp3) is 0.800. The fourth-order valence-corrected chi connectivity index (χ4v) is 1.33. The van der Waals surface area contributed by atoms with Gasteiger partial charge in [0.05, 0.1) is 5.88 Å². The summed E-state index contributed by atoms with van der Waals surface area (Å²) in [6.45, 7) is 4.14. The van der Waals surface area contributed by atoms with Gasteiger partial charge in [0.25, 0.3) is 0 Å². The van der Waals surface area contributed by atoms with Gasteiger partial charge in [-0.05, 0) is 20.8 Å². The third-order valence-corrected chi connectivity index (χ3v) is 2.36. The lowest BCUT2D eigenvalue weighted by Gasteiger charge is -2.35. The third kappa shape index (κ3) is 5.39. The molecule has 0 spiro atoms. The van der Waals surface area contributed by atoms with Crippen LogP contribution in [0.4, 0.5) is 13.2 Å². The van der Waals surface area contributed by atoms with Crippen LogP contribution in [-0.4, -0.2) is 40.7 Å². The first-order valence-corrected chi connectivity index (χ1v) is 5.50. The van der Waals surface area contributed by atoms with E-state index in [1.165, 1.54) is 20.8 Å². The quantitative estimate of drug-likeness (QED) is 0.738. The first-order chi connectivity index (χ1) is 7.50. The van der Waals surface area contributed by atoms with Crippen LogP contribution in [0.2, 0.25) is 0 Å². The van der Waals surface area contributed by atoms with Gasteiger partial charge < -0.3 is 4.90 Å². The zero-order valence-electron chi connectivity index (χ0n) is 9.90. The van der Waals surface area contributed by atoms with Crippen LogP contribution in [0.15, 0.2) is 0 Å². The SMILES string of the molecule is CC(C)(C)N(CCC(=O)CCl)C(=O)C(F)(F)F. The summed E-state index contributed by atoms with van der Waals surface area (Å²) >= 11 is 5.24. The van der Waals surface area contributed by atoms with Gasteiger partial charge in [0.1, 0.15) is 5.78 Å². The normalized spacial score (nSPS) is 12.4. The van der Waals surface area contributed by atoms with Crippen LogP contribution in [0.3, 0.4) is 0 Å². The lowest BCUT2D eigenvalue weighted by molar-refractivity contribution is -0.190. The van der Waals surface area contributed by atoms with E-state index in [9.17, 15) is 22.8 Å². The molecule has 0 atom stereocenters. The second-order valence-corrected chi connectivity index (χ2v) is 4.81. The number of amides is 1. The highest BCUT2D eigenvalue weighted by Crippen LogP contribution is 2.24. The molecule has 0 rings (SSSR count). The van der Waals surface area contributed by atoms with Gasteiger partial charge in [-0.2, -0.15) is 13.2 Å². The Kier molecular flexibility index (Phi) is 5.45. The molecule has 0 saturated heterocycles. The van der Waals surface area contributed by atoms with Gasteiger partial charge in [0.15, 0.2) is 0 Å². The number of hydrogen-bond acceptors (Lipinski definition) is 2. The first kappa shape index (κ1) is 16.2. The predicted molar refractivity (Wildman–Crippen MR) is 57.9 cm³/mol. The van der Waals surface area contributed by atoms with E-state index in [0.29, 0.717) is 4.90 Å². The molecule has 0 radical (unpaired) electrons. The molecule has 0 unspecified atom stereocenters. The molecule has 0 heterocycles. The van der Waals surface area contributed by atoms with Gasteiger partial charge in [0, 0.05) is 18.5 Å². The number of hydrogen-bond donors (Lipinski definition) is 0. The minimum Gasteiger partial charge on any atom is -0.330 e. The van der Waals surface area contributed by atoms with E-state index in [-0.39, 0.29) is 18.8 Å². The van der Waals surface area contributed by atoms with Crippen LogP contribution in [0.25, 0.3) is 0 Å². The van der Waals surface area contributed by atoms with Crippen molar-refractivity contribution in [2.24, 2.45) is 0 Å². The van der Waals surface area contributed by atoms with Gasteiger partial charge in [-0.25, -0.2) is 0 Å². The number of Topliss-reactive ketones (excluding diaryl/α,β-unsaturated/α-hetero) is 1. The number of carbonyl (C=O) groups is 2. The summed E-state index contributed by atoms with van der Waals surface area (Å²) < 4.78 is 37.0. The summed E-state index contributed by atoms with van der Waals surface area (Å²) in [5, 5.41) is 0. The second-order valence-electron chi connectivity index (χ2n) is 4.55. The molecule has 0 bridgehead atoms. The Bertz CT molecular complexity index is 297. The van der Waals surface area contributed by atoms with Crippen molar-refractivity contribution in [3.63, 3.8) is 0 Å². The van der Waals surface area contributed by atoms with E-state index in [1.807, 2.05) is 0 Å². The second kappa shape index (κ2) is 5.71. The Morgan fingerprint density at radius 1 is 1.18 bits per heavy atom. The van der Waals surface area contributed by atoms with E-state index in [4.69, 9.17) is 11.6 Å². The van der Waals surface area contributed by atoms with E-state index < -0.39 is 23.4 Å². The summed E-state index contributed by atoms with van der Waals surface area (Å²) in [7, 11) is 0. The number of nitrogens with zero attached hydrogens (tertiary/aromatic N) is 1. The highest BCUT2D eigenvalue weighted by Gasteiger charge is 2.45. The van der Waals surface area contributed by atoms with Crippen LogP contribution in [0.5, 0.6) is 0 Å². The number of rotatable bonds is 4. The molecule has 0 aromatic rings. The summed E-state index contributed by atoms with van der Waals surface area (Å²) in [5.74, 6) is -2.60. The van der Waals surface area contributed by atoms with Crippen molar-refractivity contribution >= 4 is 23.3 Å². The minimum absolute atomic E-state index is 0.178. The summed E-state index contributed by atoms with van der Waals surface area (Å²) in [5.41, 5.74) is -1.00. The lowest BCUT2D eigenvalue weighted by Crippen LogP contribution is -2.51.